The van der Waals surface area contributed by atoms with Crippen molar-refractivity contribution in [3.63, 3.8) is 0 Å². The van der Waals surface area contributed by atoms with Crippen LogP contribution in [0.1, 0.15) is 21.9 Å². The molecule has 0 radical (unpaired) electrons. The summed E-state index contributed by atoms with van der Waals surface area (Å²) in [7, 11) is 0. The van der Waals surface area contributed by atoms with Gasteiger partial charge < -0.3 is 10.1 Å². The maximum absolute atomic E-state index is 12.9. The lowest BCUT2D eigenvalue weighted by Crippen LogP contribution is -2.27. The summed E-state index contributed by atoms with van der Waals surface area (Å²) in [6.45, 7) is -2.12. The maximum Gasteiger partial charge on any atom is 0.387 e. The Kier molecular flexibility index (Phi) is 5.86. The van der Waals surface area contributed by atoms with Crippen LogP contribution in [0.4, 0.5) is 8.78 Å². The Hall–Kier alpha value is -4.34. The molecule has 172 valence electrons. The van der Waals surface area contributed by atoms with Gasteiger partial charge in [0.05, 0.1) is 12.1 Å². The summed E-state index contributed by atoms with van der Waals surface area (Å²) < 4.78 is 32.8. The number of nitrogens with zero attached hydrogens (tertiary/aromatic N) is 5. The van der Waals surface area contributed by atoms with Crippen LogP contribution in [-0.4, -0.2) is 43.4 Å². The van der Waals surface area contributed by atoms with E-state index >= 15 is 0 Å². The lowest BCUT2D eigenvalue weighted by Gasteiger charge is -2.07. The molecule has 1 amide bonds. The number of hydrogen-bond donors (Lipinski definition) is 1. The molecule has 1 N–H and O–H groups in total. The smallest absolute Gasteiger partial charge is 0.387 e. The lowest BCUT2D eigenvalue weighted by molar-refractivity contribution is -0.0498. The number of fused-ring (bicyclic) bond motifs is 2. The number of para-hydroxylation sites is 1. The number of nitrogens with one attached hydrogen (secondary N) is 1. The fourth-order valence-electron chi connectivity index (χ4n) is 3.80. The third kappa shape index (κ3) is 4.42. The summed E-state index contributed by atoms with van der Waals surface area (Å²) in [6.07, 6.45) is 2.40. The lowest BCUT2D eigenvalue weighted by atomic mass is 10.2. The van der Waals surface area contributed by atoms with Gasteiger partial charge >= 0.3 is 6.61 Å². The quantitative estimate of drug-likeness (QED) is 0.380. The molecule has 5 aromatic rings. The van der Waals surface area contributed by atoms with Crippen LogP contribution < -0.4 is 10.1 Å². The zero-order chi connectivity index (χ0) is 23.5. The first-order chi connectivity index (χ1) is 16.6. The highest BCUT2D eigenvalue weighted by Gasteiger charge is 2.17. The highest BCUT2D eigenvalue weighted by Crippen LogP contribution is 2.21. The van der Waals surface area contributed by atoms with E-state index in [1.54, 1.807) is 16.8 Å². The Morgan fingerprint density at radius 1 is 1.00 bits per heavy atom. The summed E-state index contributed by atoms with van der Waals surface area (Å²) in [4.78, 5) is 12.9. The molecule has 0 saturated carbocycles. The predicted molar refractivity (Wildman–Crippen MR) is 121 cm³/mol. The minimum Gasteiger partial charge on any atom is -0.435 e. The summed E-state index contributed by atoms with van der Waals surface area (Å²) >= 11 is 0. The van der Waals surface area contributed by atoms with Gasteiger partial charge in [-0.1, -0.05) is 36.4 Å². The van der Waals surface area contributed by atoms with E-state index in [1.807, 2.05) is 53.1 Å². The second-order valence-corrected chi connectivity index (χ2v) is 7.60. The number of carbonyl (C=O) groups excluding carboxylic acids is 1. The van der Waals surface area contributed by atoms with Gasteiger partial charge in [-0.25, -0.2) is 0 Å². The minimum atomic E-state index is -2.87. The average molecular weight is 462 g/mol. The third-order valence-electron chi connectivity index (χ3n) is 5.37. The molecule has 8 nitrogen and oxygen atoms in total. The predicted octanol–water partition coefficient (Wildman–Crippen LogP) is 3.70. The number of hydrogen-bond acceptors (Lipinski definition) is 5. The van der Waals surface area contributed by atoms with Crippen molar-refractivity contribution in [2.45, 2.75) is 19.6 Å². The first-order valence-electron chi connectivity index (χ1n) is 10.6. The third-order valence-corrected chi connectivity index (χ3v) is 5.37. The van der Waals surface area contributed by atoms with Gasteiger partial charge in [0.15, 0.2) is 11.3 Å². The number of amides is 1. The van der Waals surface area contributed by atoms with E-state index in [-0.39, 0.29) is 11.7 Å². The van der Waals surface area contributed by atoms with Gasteiger partial charge in [-0.15, -0.1) is 10.2 Å². The van der Waals surface area contributed by atoms with Gasteiger partial charge in [0.25, 0.3) is 5.91 Å². The second-order valence-electron chi connectivity index (χ2n) is 7.60. The number of ether oxygens (including phenoxy) is 1. The molecule has 3 aromatic heterocycles. The molecule has 3 heterocycles. The van der Waals surface area contributed by atoms with Crippen molar-refractivity contribution in [1.29, 1.82) is 0 Å². The van der Waals surface area contributed by atoms with Crippen LogP contribution in [0.3, 0.4) is 0 Å². The number of aromatic nitrogens is 5. The molecule has 0 aliphatic carbocycles. The van der Waals surface area contributed by atoms with Crippen molar-refractivity contribution in [3.05, 3.63) is 90.0 Å². The topological polar surface area (TPSA) is 86.3 Å². The van der Waals surface area contributed by atoms with E-state index in [1.165, 1.54) is 12.1 Å². The monoisotopic (exact) mass is 462 g/mol. The Bertz CT molecular complexity index is 1450. The van der Waals surface area contributed by atoms with Crippen LogP contribution in [0.5, 0.6) is 5.75 Å². The molecule has 34 heavy (non-hydrogen) atoms. The number of halogens is 2. The second kappa shape index (κ2) is 9.26. The summed E-state index contributed by atoms with van der Waals surface area (Å²) in [5.74, 6) is 0.555. The summed E-state index contributed by atoms with van der Waals surface area (Å²) in [5.41, 5.74) is 2.70. The minimum absolute atomic E-state index is 0.0876. The van der Waals surface area contributed by atoms with Crippen molar-refractivity contribution in [3.8, 4) is 5.75 Å². The molecule has 0 aliphatic heterocycles. The van der Waals surface area contributed by atoms with Gasteiger partial charge in [0, 0.05) is 24.5 Å². The average Bonchev–Trinajstić information content (AvgIpc) is 3.42. The highest BCUT2D eigenvalue weighted by atomic mass is 19.3. The fraction of sp³-hybridized carbons (Fsp3) is 0.167. The molecule has 0 atom stereocenters. The number of rotatable bonds is 8. The van der Waals surface area contributed by atoms with Crippen molar-refractivity contribution in [2.75, 3.05) is 6.54 Å². The molecule has 0 spiro atoms. The number of pyridine rings is 1. The van der Waals surface area contributed by atoms with E-state index in [9.17, 15) is 13.6 Å². The van der Waals surface area contributed by atoms with E-state index in [2.05, 4.69) is 25.3 Å². The largest absolute Gasteiger partial charge is 0.435 e. The molecular formula is C24H20F2N6O2. The molecular weight excluding hydrogens is 442 g/mol. The summed E-state index contributed by atoms with van der Waals surface area (Å²) in [6, 6.07) is 19.5. The van der Waals surface area contributed by atoms with Crippen LogP contribution >= 0.6 is 0 Å². The fourth-order valence-corrected chi connectivity index (χ4v) is 3.80. The molecule has 0 saturated heterocycles. The van der Waals surface area contributed by atoms with Crippen LogP contribution in [0, 0.1) is 0 Å². The Morgan fingerprint density at radius 3 is 2.62 bits per heavy atom. The molecule has 5 rings (SSSR count). The number of alkyl halides is 2. The van der Waals surface area contributed by atoms with Crippen LogP contribution in [-0.2, 0) is 13.0 Å². The molecule has 0 unspecified atom stereocenters. The molecule has 0 fully saturated rings. The zero-order valence-corrected chi connectivity index (χ0v) is 17.9. The van der Waals surface area contributed by atoms with Gasteiger partial charge in [-0.2, -0.15) is 13.9 Å². The molecule has 0 aliphatic rings. The summed E-state index contributed by atoms with van der Waals surface area (Å²) in [5, 5.41) is 16.5. The van der Waals surface area contributed by atoms with Crippen LogP contribution in [0.15, 0.2) is 72.9 Å². The Morgan fingerprint density at radius 2 is 1.79 bits per heavy atom. The van der Waals surface area contributed by atoms with Crippen LogP contribution in [0.25, 0.3) is 16.6 Å². The SMILES string of the molecule is O=C(NCCc1nnc2ccccn12)c1nn(Cc2ccc(OC(F)F)cc2)c2ccccc12. The molecule has 0 bridgehead atoms. The zero-order valence-electron chi connectivity index (χ0n) is 17.9. The van der Waals surface area contributed by atoms with Gasteiger partial charge in [-0.05, 0) is 35.9 Å². The standard InChI is InChI=1S/C24H20F2N6O2/c25-24(26)34-17-10-8-16(9-11-17)15-32-19-6-2-1-5-18(19)22(30-32)23(33)27-13-12-21-29-28-20-7-3-4-14-31(20)21/h1-11,14,24H,12-13,15H2,(H,27,33). The van der Waals surface area contributed by atoms with E-state index in [0.29, 0.717) is 25.2 Å². The first-order valence-corrected chi connectivity index (χ1v) is 10.6. The number of benzene rings is 2. The van der Waals surface area contributed by atoms with Gasteiger partial charge in [0.1, 0.15) is 11.6 Å². The van der Waals surface area contributed by atoms with Gasteiger partial charge in [-0.3, -0.25) is 13.9 Å². The van der Waals surface area contributed by atoms with E-state index in [4.69, 9.17) is 0 Å². The van der Waals surface area contributed by atoms with Crippen molar-refractivity contribution in [1.82, 2.24) is 29.7 Å². The van der Waals surface area contributed by atoms with E-state index < -0.39 is 6.61 Å². The first kappa shape index (κ1) is 21.5. The molecule has 2 aromatic carbocycles. The maximum atomic E-state index is 12.9. The number of carbonyl (C=O) groups is 1. The van der Waals surface area contributed by atoms with Gasteiger partial charge in [0.2, 0.25) is 0 Å². The van der Waals surface area contributed by atoms with E-state index in [0.717, 1.165) is 27.9 Å². The van der Waals surface area contributed by atoms with Crippen LogP contribution in [0.2, 0.25) is 0 Å². The Labute approximate surface area is 192 Å². The highest BCUT2D eigenvalue weighted by molar-refractivity contribution is 6.04. The van der Waals surface area contributed by atoms with Crippen molar-refractivity contribution >= 4 is 22.5 Å². The Balaban J connectivity index is 1.31. The van der Waals surface area contributed by atoms with Crippen molar-refractivity contribution < 1.29 is 18.3 Å². The molecule has 10 heteroatoms. The normalized spacial score (nSPS) is 11.4. The van der Waals surface area contributed by atoms with Crippen molar-refractivity contribution in [2.24, 2.45) is 0 Å².